The summed E-state index contributed by atoms with van der Waals surface area (Å²) in [6.45, 7) is 5.96. The van der Waals surface area contributed by atoms with Gasteiger partial charge < -0.3 is 5.32 Å². The van der Waals surface area contributed by atoms with Crippen LogP contribution < -0.4 is 5.32 Å². The summed E-state index contributed by atoms with van der Waals surface area (Å²) in [5, 5.41) is 15.3. The van der Waals surface area contributed by atoms with Gasteiger partial charge in [0.15, 0.2) is 5.82 Å². The van der Waals surface area contributed by atoms with E-state index in [9.17, 15) is 0 Å². The standard InChI is InChI=1S/C13H19N5/c1-13(2,11-7-5-4-6-8-11)10-14-9-12-15-17-18(3)16-12/h4-8,14H,9-10H2,1-3H3. The number of benzene rings is 1. The molecule has 2 rings (SSSR count). The molecule has 96 valence electrons. The maximum Gasteiger partial charge on any atom is 0.188 e. The van der Waals surface area contributed by atoms with Crippen molar-refractivity contribution in [2.45, 2.75) is 25.8 Å². The zero-order valence-electron chi connectivity index (χ0n) is 11.1. The highest BCUT2D eigenvalue weighted by atomic mass is 15.6. The van der Waals surface area contributed by atoms with Crippen LogP contribution in [0.2, 0.25) is 0 Å². The van der Waals surface area contributed by atoms with Gasteiger partial charge in [-0.25, -0.2) is 0 Å². The zero-order chi connectivity index (χ0) is 13.0. The van der Waals surface area contributed by atoms with Crippen LogP contribution in [-0.2, 0) is 19.0 Å². The maximum absolute atomic E-state index is 4.13. The Morgan fingerprint density at radius 1 is 1.22 bits per heavy atom. The molecule has 0 saturated carbocycles. The fourth-order valence-corrected chi connectivity index (χ4v) is 1.87. The number of aromatic nitrogens is 4. The Morgan fingerprint density at radius 3 is 2.56 bits per heavy atom. The summed E-state index contributed by atoms with van der Waals surface area (Å²) in [6, 6.07) is 10.5. The normalized spacial score (nSPS) is 11.7. The zero-order valence-corrected chi connectivity index (χ0v) is 11.1. The smallest absolute Gasteiger partial charge is 0.188 e. The number of tetrazole rings is 1. The van der Waals surface area contributed by atoms with Crippen LogP contribution in [0.4, 0.5) is 0 Å². The number of aryl methyl sites for hydroxylation is 1. The Bertz CT molecular complexity index is 489. The number of hydrogen-bond donors (Lipinski definition) is 1. The molecule has 0 amide bonds. The first-order valence-corrected chi connectivity index (χ1v) is 6.07. The lowest BCUT2D eigenvalue weighted by Crippen LogP contribution is -2.32. The van der Waals surface area contributed by atoms with Gasteiger partial charge in [0.1, 0.15) is 0 Å². The van der Waals surface area contributed by atoms with E-state index in [0.717, 1.165) is 12.4 Å². The molecular formula is C13H19N5. The predicted octanol–water partition coefficient (Wildman–Crippen LogP) is 1.28. The summed E-state index contributed by atoms with van der Waals surface area (Å²) < 4.78 is 0. The molecule has 1 aromatic heterocycles. The molecular weight excluding hydrogens is 226 g/mol. The third kappa shape index (κ3) is 3.13. The monoisotopic (exact) mass is 245 g/mol. The average molecular weight is 245 g/mol. The van der Waals surface area contributed by atoms with Crippen LogP contribution in [0, 0.1) is 0 Å². The van der Waals surface area contributed by atoms with E-state index in [4.69, 9.17) is 0 Å². The summed E-state index contributed by atoms with van der Waals surface area (Å²) in [7, 11) is 1.77. The number of rotatable bonds is 5. The second-order valence-corrected chi connectivity index (χ2v) is 5.05. The Labute approximate surface area is 107 Å². The first kappa shape index (κ1) is 12.7. The molecule has 0 fully saturated rings. The van der Waals surface area contributed by atoms with Gasteiger partial charge in [0.25, 0.3) is 0 Å². The number of hydrogen-bond acceptors (Lipinski definition) is 4. The molecule has 0 aliphatic rings. The Morgan fingerprint density at radius 2 is 1.94 bits per heavy atom. The first-order chi connectivity index (χ1) is 8.58. The minimum atomic E-state index is 0.0868. The quantitative estimate of drug-likeness (QED) is 0.862. The molecule has 2 aromatic rings. The van der Waals surface area contributed by atoms with Crippen molar-refractivity contribution in [2.75, 3.05) is 6.54 Å². The minimum absolute atomic E-state index is 0.0868. The van der Waals surface area contributed by atoms with Crippen LogP contribution in [0.15, 0.2) is 30.3 Å². The molecule has 0 aliphatic carbocycles. The van der Waals surface area contributed by atoms with E-state index in [1.807, 2.05) is 6.07 Å². The van der Waals surface area contributed by atoms with Crippen molar-refractivity contribution in [3.8, 4) is 0 Å². The van der Waals surface area contributed by atoms with Crippen molar-refractivity contribution < 1.29 is 0 Å². The number of nitrogens with zero attached hydrogens (tertiary/aromatic N) is 4. The Balaban J connectivity index is 1.89. The van der Waals surface area contributed by atoms with Crippen molar-refractivity contribution >= 4 is 0 Å². The molecule has 1 aromatic carbocycles. The van der Waals surface area contributed by atoms with Crippen molar-refractivity contribution in [3.63, 3.8) is 0 Å². The van der Waals surface area contributed by atoms with Gasteiger partial charge in [-0.05, 0) is 10.8 Å². The molecule has 0 spiro atoms. The van der Waals surface area contributed by atoms with Crippen LogP contribution in [0.25, 0.3) is 0 Å². The second-order valence-electron chi connectivity index (χ2n) is 5.05. The van der Waals surface area contributed by atoms with Crippen LogP contribution in [0.5, 0.6) is 0 Å². The number of nitrogens with one attached hydrogen (secondary N) is 1. The Hall–Kier alpha value is -1.75. The van der Waals surface area contributed by atoms with Gasteiger partial charge in [-0.3, -0.25) is 0 Å². The van der Waals surface area contributed by atoms with Crippen LogP contribution in [-0.4, -0.2) is 26.8 Å². The molecule has 0 radical (unpaired) electrons. The largest absolute Gasteiger partial charge is 0.309 e. The fourth-order valence-electron chi connectivity index (χ4n) is 1.87. The SMILES string of the molecule is Cn1nnc(CNCC(C)(C)c2ccccc2)n1. The van der Waals surface area contributed by atoms with Crippen molar-refractivity contribution in [1.29, 1.82) is 0 Å². The van der Waals surface area contributed by atoms with E-state index in [1.54, 1.807) is 7.05 Å². The van der Waals surface area contributed by atoms with E-state index in [2.05, 4.69) is 58.8 Å². The van der Waals surface area contributed by atoms with E-state index >= 15 is 0 Å². The lowest BCUT2D eigenvalue weighted by atomic mass is 9.85. The highest BCUT2D eigenvalue weighted by Gasteiger charge is 2.19. The highest BCUT2D eigenvalue weighted by molar-refractivity contribution is 5.23. The van der Waals surface area contributed by atoms with Crippen molar-refractivity contribution in [1.82, 2.24) is 25.5 Å². The van der Waals surface area contributed by atoms with Crippen LogP contribution in [0.3, 0.4) is 0 Å². The lowest BCUT2D eigenvalue weighted by molar-refractivity contribution is 0.464. The summed E-state index contributed by atoms with van der Waals surface area (Å²) >= 11 is 0. The fraction of sp³-hybridized carbons (Fsp3) is 0.462. The highest BCUT2D eigenvalue weighted by Crippen LogP contribution is 2.21. The third-order valence-corrected chi connectivity index (χ3v) is 2.96. The van der Waals surface area contributed by atoms with Crippen LogP contribution in [0.1, 0.15) is 25.2 Å². The molecule has 5 heteroatoms. The van der Waals surface area contributed by atoms with Gasteiger partial charge in [0.2, 0.25) is 0 Å². The minimum Gasteiger partial charge on any atom is -0.309 e. The van der Waals surface area contributed by atoms with Gasteiger partial charge in [0, 0.05) is 12.0 Å². The first-order valence-electron chi connectivity index (χ1n) is 6.07. The van der Waals surface area contributed by atoms with Gasteiger partial charge in [-0.15, -0.1) is 10.2 Å². The summed E-state index contributed by atoms with van der Waals surface area (Å²) in [6.07, 6.45) is 0. The van der Waals surface area contributed by atoms with E-state index in [-0.39, 0.29) is 5.41 Å². The van der Waals surface area contributed by atoms with Crippen molar-refractivity contribution in [3.05, 3.63) is 41.7 Å². The maximum atomic E-state index is 4.13. The molecule has 0 aliphatic heterocycles. The summed E-state index contributed by atoms with van der Waals surface area (Å²) in [5.74, 6) is 0.723. The molecule has 1 N–H and O–H groups in total. The molecule has 18 heavy (non-hydrogen) atoms. The second kappa shape index (κ2) is 5.27. The van der Waals surface area contributed by atoms with Gasteiger partial charge in [-0.1, -0.05) is 44.2 Å². The van der Waals surface area contributed by atoms with E-state index in [0.29, 0.717) is 6.54 Å². The van der Waals surface area contributed by atoms with Gasteiger partial charge >= 0.3 is 0 Å². The molecule has 0 unspecified atom stereocenters. The summed E-state index contributed by atoms with van der Waals surface area (Å²) in [5.41, 5.74) is 1.41. The predicted molar refractivity (Wildman–Crippen MR) is 70.0 cm³/mol. The topological polar surface area (TPSA) is 55.6 Å². The molecule has 0 saturated heterocycles. The molecule has 5 nitrogen and oxygen atoms in total. The molecule has 0 bridgehead atoms. The lowest BCUT2D eigenvalue weighted by Gasteiger charge is -2.25. The molecule has 0 atom stereocenters. The third-order valence-electron chi connectivity index (χ3n) is 2.96. The van der Waals surface area contributed by atoms with E-state index in [1.165, 1.54) is 10.4 Å². The molecule has 1 heterocycles. The van der Waals surface area contributed by atoms with Gasteiger partial charge in [-0.2, -0.15) is 4.80 Å². The van der Waals surface area contributed by atoms with Crippen LogP contribution >= 0.6 is 0 Å². The van der Waals surface area contributed by atoms with E-state index < -0.39 is 0 Å². The van der Waals surface area contributed by atoms with Crippen molar-refractivity contribution in [2.24, 2.45) is 7.05 Å². The summed E-state index contributed by atoms with van der Waals surface area (Å²) in [4.78, 5) is 1.47. The Kier molecular flexibility index (Phi) is 3.72. The van der Waals surface area contributed by atoms with Gasteiger partial charge in [0.05, 0.1) is 13.6 Å². The average Bonchev–Trinajstić information content (AvgIpc) is 2.76.